The molecule has 1 N–H and O–H groups in total. The Bertz CT molecular complexity index is 936. The predicted octanol–water partition coefficient (Wildman–Crippen LogP) is 4.15. The van der Waals surface area contributed by atoms with Crippen LogP contribution < -0.4 is 4.90 Å². The summed E-state index contributed by atoms with van der Waals surface area (Å²) in [5, 5.41) is 10.3. The van der Waals surface area contributed by atoms with Gasteiger partial charge in [0.05, 0.1) is 17.3 Å². The van der Waals surface area contributed by atoms with Gasteiger partial charge in [0.2, 0.25) is 0 Å². The van der Waals surface area contributed by atoms with Gasteiger partial charge >= 0.3 is 0 Å². The summed E-state index contributed by atoms with van der Waals surface area (Å²) in [6.07, 6.45) is 0.0781. The molecule has 0 spiro atoms. The summed E-state index contributed by atoms with van der Waals surface area (Å²) < 4.78 is 27.6. The molecule has 1 aliphatic rings. The molecule has 1 amide bonds. The van der Waals surface area contributed by atoms with E-state index in [9.17, 15) is 23.5 Å². The molecule has 3 rings (SSSR count). The second-order valence-corrected chi connectivity index (χ2v) is 6.13. The molecular weight excluding hydrogens is 340 g/mol. The third-order valence-corrected chi connectivity index (χ3v) is 4.36. The van der Waals surface area contributed by atoms with Crippen molar-refractivity contribution in [1.82, 2.24) is 0 Å². The topological polar surface area (TPSA) is 57.6 Å². The summed E-state index contributed by atoms with van der Waals surface area (Å²) in [5.74, 6) is -3.74. The fraction of sp³-hybridized carbons (Fsp3) is 0.200. The lowest BCUT2D eigenvalue weighted by Crippen LogP contribution is -2.31. The van der Waals surface area contributed by atoms with Crippen molar-refractivity contribution in [3.63, 3.8) is 0 Å². The van der Waals surface area contributed by atoms with Gasteiger partial charge in [0.1, 0.15) is 11.6 Å². The van der Waals surface area contributed by atoms with Crippen LogP contribution in [0.3, 0.4) is 0 Å². The van der Waals surface area contributed by atoms with E-state index >= 15 is 0 Å². The second-order valence-electron chi connectivity index (χ2n) is 6.13. The van der Waals surface area contributed by atoms with Crippen LogP contribution in [-0.2, 0) is 9.59 Å². The molecule has 2 aromatic carbocycles. The number of benzene rings is 2. The summed E-state index contributed by atoms with van der Waals surface area (Å²) in [5.41, 5.74) is 1.16. The molecule has 6 heteroatoms. The Morgan fingerprint density at radius 1 is 1.19 bits per heavy atom. The standard InChI is InChI=1S/C20H17F2NO3/c1-3-16(24)17-18(12-6-4-5-11(2)9-12)23(20(26)19(17)25)15-8-7-13(21)10-14(15)22/h4-10,18,25H,3H2,1-2H3. The van der Waals surface area contributed by atoms with E-state index in [1.807, 2.05) is 13.0 Å². The second kappa shape index (κ2) is 6.71. The molecule has 0 saturated heterocycles. The van der Waals surface area contributed by atoms with E-state index in [0.717, 1.165) is 22.6 Å². The van der Waals surface area contributed by atoms with Gasteiger partial charge in [0, 0.05) is 12.5 Å². The highest BCUT2D eigenvalue weighted by Gasteiger charge is 2.44. The van der Waals surface area contributed by atoms with Gasteiger partial charge in [0.15, 0.2) is 11.5 Å². The van der Waals surface area contributed by atoms with E-state index in [2.05, 4.69) is 0 Å². The minimum atomic E-state index is -0.977. The van der Waals surface area contributed by atoms with Crippen molar-refractivity contribution < 1.29 is 23.5 Å². The van der Waals surface area contributed by atoms with Gasteiger partial charge in [0.25, 0.3) is 5.91 Å². The van der Waals surface area contributed by atoms with Crippen molar-refractivity contribution in [1.29, 1.82) is 0 Å². The molecule has 26 heavy (non-hydrogen) atoms. The Kier molecular flexibility index (Phi) is 4.59. The molecule has 134 valence electrons. The van der Waals surface area contributed by atoms with Gasteiger partial charge in [-0.15, -0.1) is 0 Å². The van der Waals surface area contributed by atoms with Crippen molar-refractivity contribution in [3.8, 4) is 0 Å². The minimum absolute atomic E-state index is 0.0770. The fourth-order valence-corrected chi connectivity index (χ4v) is 3.16. The van der Waals surface area contributed by atoms with Crippen molar-refractivity contribution in [2.75, 3.05) is 4.90 Å². The number of amides is 1. The molecule has 2 aromatic rings. The highest BCUT2D eigenvalue weighted by Crippen LogP contribution is 2.42. The number of ketones is 1. The first-order valence-electron chi connectivity index (χ1n) is 8.16. The summed E-state index contributed by atoms with van der Waals surface area (Å²) >= 11 is 0. The molecule has 0 fully saturated rings. The summed E-state index contributed by atoms with van der Waals surface area (Å²) in [6, 6.07) is 8.87. The fourth-order valence-electron chi connectivity index (χ4n) is 3.16. The Morgan fingerprint density at radius 2 is 1.92 bits per heavy atom. The number of aryl methyl sites for hydroxylation is 1. The van der Waals surface area contributed by atoms with E-state index in [1.165, 1.54) is 0 Å². The van der Waals surface area contributed by atoms with Crippen LogP contribution in [0.15, 0.2) is 53.8 Å². The number of halogens is 2. The van der Waals surface area contributed by atoms with Gasteiger partial charge in [-0.05, 0) is 24.6 Å². The Labute approximate surface area is 149 Å². The van der Waals surface area contributed by atoms with E-state index in [-0.39, 0.29) is 17.7 Å². The lowest BCUT2D eigenvalue weighted by atomic mass is 9.94. The number of hydrogen-bond donors (Lipinski definition) is 1. The first-order chi connectivity index (χ1) is 12.3. The Balaban J connectivity index is 2.23. The average molecular weight is 357 g/mol. The van der Waals surface area contributed by atoms with Crippen molar-refractivity contribution in [2.24, 2.45) is 0 Å². The first-order valence-corrected chi connectivity index (χ1v) is 8.16. The number of rotatable bonds is 4. The molecule has 4 nitrogen and oxygen atoms in total. The van der Waals surface area contributed by atoms with Gasteiger partial charge in [-0.25, -0.2) is 8.78 Å². The highest BCUT2D eigenvalue weighted by molar-refractivity contribution is 6.16. The van der Waals surface area contributed by atoms with Crippen LogP contribution in [0.5, 0.6) is 0 Å². The number of Topliss-reactive ketones (excluding diaryl/α,β-unsaturated/α-hetero) is 1. The quantitative estimate of drug-likeness (QED) is 0.894. The normalized spacial score (nSPS) is 17.2. The van der Waals surface area contributed by atoms with Crippen LogP contribution in [0.4, 0.5) is 14.5 Å². The van der Waals surface area contributed by atoms with Gasteiger partial charge in [-0.2, -0.15) is 0 Å². The molecule has 0 radical (unpaired) electrons. The Hall–Kier alpha value is -3.02. The number of carbonyl (C=O) groups excluding carboxylic acids is 2. The first kappa shape index (κ1) is 17.8. The molecule has 0 aliphatic carbocycles. The minimum Gasteiger partial charge on any atom is -0.503 e. The smallest absolute Gasteiger partial charge is 0.294 e. The van der Waals surface area contributed by atoms with Gasteiger partial charge in [-0.1, -0.05) is 36.8 Å². The summed E-state index contributed by atoms with van der Waals surface area (Å²) in [6.45, 7) is 3.45. The maximum Gasteiger partial charge on any atom is 0.294 e. The van der Waals surface area contributed by atoms with E-state index in [0.29, 0.717) is 11.6 Å². The lowest BCUT2D eigenvalue weighted by molar-refractivity contribution is -0.118. The zero-order valence-corrected chi connectivity index (χ0v) is 14.3. The van der Waals surface area contributed by atoms with Crippen molar-refractivity contribution in [2.45, 2.75) is 26.3 Å². The lowest BCUT2D eigenvalue weighted by Gasteiger charge is -2.27. The molecule has 1 atom stereocenters. The molecular formula is C20H17F2NO3. The summed E-state index contributed by atoms with van der Waals surface area (Å²) in [4.78, 5) is 26.1. The van der Waals surface area contributed by atoms with Gasteiger partial charge < -0.3 is 5.11 Å². The number of hydrogen-bond acceptors (Lipinski definition) is 3. The Morgan fingerprint density at radius 3 is 2.54 bits per heavy atom. The third-order valence-electron chi connectivity index (χ3n) is 4.36. The number of anilines is 1. The van der Waals surface area contributed by atoms with Crippen LogP contribution in [-0.4, -0.2) is 16.8 Å². The van der Waals surface area contributed by atoms with Crippen LogP contribution >= 0.6 is 0 Å². The van der Waals surface area contributed by atoms with E-state index in [1.54, 1.807) is 25.1 Å². The number of carbonyl (C=O) groups is 2. The van der Waals surface area contributed by atoms with Crippen LogP contribution in [0, 0.1) is 18.6 Å². The third kappa shape index (κ3) is 2.87. The predicted molar refractivity (Wildman–Crippen MR) is 92.7 cm³/mol. The average Bonchev–Trinajstić information content (AvgIpc) is 2.86. The SMILES string of the molecule is CCC(=O)C1=C(O)C(=O)N(c2ccc(F)cc2F)C1c1cccc(C)c1. The van der Waals surface area contributed by atoms with Crippen LogP contribution in [0.1, 0.15) is 30.5 Å². The molecule has 1 unspecified atom stereocenters. The number of nitrogens with zero attached hydrogens (tertiary/aromatic N) is 1. The maximum absolute atomic E-state index is 14.4. The molecule has 0 saturated carbocycles. The molecule has 0 aromatic heterocycles. The highest BCUT2D eigenvalue weighted by atomic mass is 19.1. The molecule has 1 aliphatic heterocycles. The van der Waals surface area contributed by atoms with Crippen LogP contribution in [0.2, 0.25) is 0 Å². The van der Waals surface area contributed by atoms with Crippen molar-refractivity contribution >= 4 is 17.4 Å². The largest absolute Gasteiger partial charge is 0.503 e. The zero-order chi connectivity index (χ0) is 19.0. The van der Waals surface area contributed by atoms with Crippen LogP contribution in [0.25, 0.3) is 0 Å². The maximum atomic E-state index is 14.4. The number of aliphatic hydroxyl groups excluding tert-OH is 1. The van der Waals surface area contributed by atoms with Gasteiger partial charge in [-0.3, -0.25) is 14.5 Å². The van der Waals surface area contributed by atoms with E-state index in [4.69, 9.17) is 0 Å². The molecule has 0 bridgehead atoms. The zero-order valence-electron chi connectivity index (χ0n) is 14.3. The summed E-state index contributed by atoms with van der Waals surface area (Å²) in [7, 11) is 0. The molecule has 1 heterocycles. The number of aliphatic hydroxyl groups is 1. The monoisotopic (exact) mass is 357 g/mol. The van der Waals surface area contributed by atoms with Crippen molar-refractivity contribution in [3.05, 3.63) is 76.6 Å². The van der Waals surface area contributed by atoms with E-state index < -0.39 is 35.1 Å².